The zero-order chi connectivity index (χ0) is 26.2. The van der Waals surface area contributed by atoms with E-state index in [4.69, 9.17) is 20.9 Å². The molecule has 3 aromatic rings. The lowest BCUT2D eigenvalue weighted by Crippen LogP contribution is -2.36. The van der Waals surface area contributed by atoms with Crippen LogP contribution in [0.3, 0.4) is 0 Å². The van der Waals surface area contributed by atoms with E-state index in [2.05, 4.69) is 29.9 Å². The van der Waals surface area contributed by atoms with Gasteiger partial charge in [-0.05, 0) is 30.3 Å². The molecule has 12 heteroatoms. The van der Waals surface area contributed by atoms with E-state index in [0.717, 1.165) is 11.3 Å². The Morgan fingerprint density at radius 1 is 1.16 bits per heavy atom. The summed E-state index contributed by atoms with van der Waals surface area (Å²) in [4.78, 5) is 39.4. The number of rotatable bonds is 9. The Kier molecular flexibility index (Phi) is 8.44. The average molecular weight is 508 g/mol. The molecular weight excluding hydrogens is 478 g/mol. The standard InChI is InChI=1S/C25H29N7O5/c1-35-25(34)18(26)7-11-37-17-4-2-16(3-5-17)19-15-29-23(27)22(30-19)24(33)31-20-14-28-8-6-21(20)32-9-12-36-13-10-32/h2-6,8,14-15,18H,7,9-13,26H2,1H3,(H2,27,29)(H,31,33)/t18-/m1/s1. The molecule has 1 aliphatic rings. The summed E-state index contributed by atoms with van der Waals surface area (Å²) in [5, 5.41) is 2.87. The quantitative estimate of drug-likeness (QED) is 0.359. The molecule has 0 radical (unpaired) electrons. The molecule has 1 saturated heterocycles. The Bertz CT molecular complexity index is 1230. The van der Waals surface area contributed by atoms with Gasteiger partial charge in [-0.2, -0.15) is 0 Å². The summed E-state index contributed by atoms with van der Waals surface area (Å²) in [5.41, 5.74) is 14.3. The normalized spacial score (nSPS) is 14.1. The Labute approximate surface area is 214 Å². The Hall–Kier alpha value is -4.29. The first-order valence-corrected chi connectivity index (χ1v) is 11.7. The van der Waals surface area contributed by atoms with Crippen LogP contribution in [0, 0.1) is 0 Å². The smallest absolute Gasteiger partial charge is 0.322 e. The van der Waals surface area contributed by atoms with Crippen LogP contribution >= 0.6 is 0 Å². The van der Waals surface area contributed by atoms with Crippen molar-refractivity contribution >= 4 is 29.1 Å². The molecule has 1 aliphatic heterocycles. The zero-order valence-corrected chi connectivity index (χ0v) is 20.4. The highest BCUT2D eigenvalue weighted by Gasteiger charge is 2.20. The van der Waals surface area contributed by atoms with Crippen molar-refractivity contribution in [2.45, 2.75) is 12.5 Å². The lowest BCUT2D eigenvalue weighted by atomic mass is 10.1. The van der Waals surface area contributed by atoms with E-state index in [1.54, 1.807) is 36.7 Å². The Morgan fingerprint density at radius 2 is 1.92 bits per heavy atom. The predicted octanol–water partition coefficient (Wildman–Crippen LogP) is 1.48. The molecule has 5 N–H and O–H groups in total. The average Bonchev–Trinajstić information content (AvgIpc) is 2.94. The topological polar surface area (TPSA) is 168 Å². The number of nitrogen functional groups attached to an aromatic ring is 1. The SMILES string of the molecule is COC(=O)[C@H](N)CCOc1ccc(-c2cnc(N)c(C(=O)Nc3cnccc3N3CCOCC3)n2)cc1. The number of methoxy groups -OCH3 is 1. The zero-order valence-electron chi connectivity index (χ0n) is 20.4. The molecule has 1 fully saturated rings. The molecule has 0 unspecified atom stereocenters. The maximum absolute atomic E-state index is 13.1. The summed E-state index contributed by atoms with van der Waals surface area (Å²) >= 11 is 0. The van der Waals surface area contributed by atoms with Crippen LogP contribution in [-0.4, -0.2) is 72.9 Å². The molecule has 194 valence electrons. The maximum atomic E-state index is 13.1. The number of nitrogens with one attached hydrogen (secondary N) is 1. The van der Waals surface area contributed by atoms with Gasteiger partial charge in [0.2, 0.25) is 0 Å². The first-order chi connectivity index (χ1) is 18.0. The van der Waals surface area contributed by atoms with E-state index in [0.29, 0.717) is 49.9 Å². The third-order valence-electron chi connectivity index (χ3n) is 5.77. The van der Waals surface area contributed by atoms with E-state index in [1.807, 2.05) is 6.07 Å². The molecule has 12 nitrogen and oxygen atoms in total. The number of morpholine rings is 1. The molecule has 4 rings (SSSR count). The number of amides is 1. The predicted molar refractivity (Wildman–Crippen MR) is 137 cm³/mol. The minimum Gasteiger partial charge on any atom is -0.494 e. The van der Waals surface area contributed by atoms with Gasteiger partial charge in [0, 0.05) is 31.3 Å². The summed E-state index contributed by atoms with van der Waals surface area (Å²) in [7, 11) is 1.29. The minimum absolute atomic E-state index is 0.00593. The van der Waals surface area contributed by atoms with Crippen molar-refractivity contribution < 1.29 is 23.8 Å². The van der Waals surface area contributed by atoms with E-state index in [-0.39, 0.29) is 18.1 Å². The number of pyridine rings is 1. The Morgan fingerprint density at radius 3 is 2.65 bits per heavy atom. The highest BCUT2D eigenvalue weighted by atomic mass is 16.5. The monoisotopic (exact) mass is 507 g/mol. The lowest BCUT2D eigenvalue weighted by Gasteiger charge is -2.30. The summed E-state index contributed by atoms with van der Waals surface area (Å²) in [5.74, 6) is -0.368. The van der Waals surface area contributed by atoms with E-state index >= 15 is 0 Å². The van der Waals surface area contributed by atoms with E-state index in [9.17, 15) is 9.59 Å². The van der Waals surface area contributed by atoms with Gasteiger partial charge in [0.1, 0.15) is 11.8 Å². The molecule has 0 bridgehead atoms. The number of nitrogens with two attached hydrogens (primary N) is 2. The number of carbonyl (C=O) groups is 2. The number of carbonyl (C=O) groups excluding carboxylic acids is 2. The largest absolute Gasteiger partial charge is 0.494 e. The van der Waals surface area contributed by atoms with Gasteiger partial charge in [-0.3, -0.25) is 14.6 Å². The maximum Gasteiger partial charge on any atom is 0.322 e. The van der Waals surface area contributed by atoms with Gasteiger partial charge in [-0.25, -0.2) is 9.97 Å². The van der Waals surface area contributed by atoms with Crippen LogP contribution in [0.25, 0.3) is 11.3 Å². The second-order valence-corrected chi connectivity index (χ2v) is 8.23. The third kappa shape index (κ3) is 6.48. The van der Waals surface area contributed by atoms with E-state index in [1.165, 1.54) is 13.3 Å². The first-order valence-electron chi connectivity index (χ1n) is 11.7. The van der Waals surface area contributed by atoms with Gasteiger partial charge < -0.3 is 35.9 Å². The fourth-order valence-corrected chi connectivity index (χ4v) is 3.74. The summed E-state index contributed by atoms with van der Waals surface area (Å²) < 4.78 is 15.7. The van der Waals surface area contributed by atoms with Crippen molar-refractivity contribution in [1.82, 2.24) is 15.0 Å². The fourth-order valence-electron chi connectivity index (χ4n) is 3.74. The molecular formula is C25H29N7O5. The van der Waals surface area contributed by atoms with Gasteiger partial charge in [0.05, 0.1) is 56.4 Å². The van der Waals surface area contributed by atoms with Gasteiger partial charge in [-0.15, -0.1) is 0 Å². The van der Waals surface area contributed by atoms with Crippen LogP contribution in [0.1, 0.15) is 16.9 Å². The van der Waals surface area contributed by atoms with Gasteiger partial charge in [0.15, 0.2) is 11.5 Å². The number of hydrogen-bond acceptors (Lipinski definition) is 11. The molecule has 2 aromatic heterocycles. The van der Waals surface area contributed by atoms with Crippen LogP contribution in [0.15, 0.2) is 48.9 Å². The Balaban J connectivity index is 1.44. The number of ether oxygens (including phenoxy) is 3. The van der Waals surface area contributed by atoms with Gasteiger partial charge >= 0.3 is 5.97 Å². The first kappa shape index (κ1) is 25.8. The molecule has 0 spiro atoms. The second kappa shape index (κ2) is 12.1. The summed E-state index contributed by atoms with van der Waals surface area (Å²) in [6.07, 6.45) is 5.09. The molecule has 37 heavy (non-hydrogen) atoms. The summed E-state index contributed by atoms with van der Waals surface area (Å²) in [6, 6.07) is 8.18. The minimum atomic E-state index is -0.740. The number of hydrogen-bond donors (Lipinski definition) is 3. The second-order valence-electron chi connectivity index (χ2n) is 8.23. The van der Waals surface area contributed by atoms with Crippen molar-refractivity contribution in [3.8, 4) is 17.0 Å². The van der Waals surface area contributed by atoms with Gasteiger partial charge in [-0.1, -0.05) is 0 Å². The van der Waals surface area contributed by atoms with E-state index < -0.39 is 17.9 Å². The van der Waals surface area contributed by atoms with Crippen LogP contribution in [0.2, 0.25) is 0 Å². The molecule has 1 amide bonds. The number of anilines is 3. The number of benzene rings is 1. The van der Waals surface area contributed by atoms with Gasteiger partial charge in [0.25, 0.3) is 5.91 Å². The number of nitrogens with zero attached hydrogens (tertiary/aromatic N) is 4. The highest BCUT2D eigenvalue weighted by molar-refractivity contribution is 6.07. The van der Waals surface area contributed by atoms with Crippen molar-refractivity contribution in [3.05, 3.63) is 54.6 Å². The van der Waals surface area contributed by atoms with Crippen LogP contribution < -0.4 is 26.4 Å². The van der Waals surface area contributed by atoms with Crippen molar-refractivity contribution in [1.29, 1.82) is 0 Å². The van der Waals surface area contributed by atoms with Crippen molar-refractivity contribution in [2.75, 3.05) is 56.0 Å². The van der Waals surface area contributed by atoms with Crippen LogP contribution in [0.4, 0.5) is 17.2 Å². The van der Waals surface area contributed by atoms with Crippen molar-refractivity contribution in [2.24, 2.45) is 5.73 Å². The fraction of sp³-hybridized carbons (Fsp3) is 0.320. The molecule has 0 saturated carbocycles. The molecule has 1 atom stereocenters. The van der Waals surface area contributed by atoms with Crippen LogP contribution in [-0.2, 0) is 14.3 Å². The van der Waals surface area contributed by atoms with Crippen molar-refractivity contribution in [3.63, 3.8) is 0 Å². The molecule has 0 aliphatic carbocycles. The highest BCUT2D eigenvalue weighted by Crippen LogP contribution is 2.27. The van der Waals surface area contributed by atoms with Crippen LogP contribution in [0.5, 0.6) is 5.75 Å². The molecule has 1 aromatic carbocycles. The molecule has 3 heterocycles. The summed E-state index contributed by atoms with van der Waals surface area (Å²) in [6.45, 7) is 2.90. The number of aromatic nitrogens is 3. The number of esters is 1. The third-order valence-corrected chi connectivity index (χ3v) is 5.77. The lowest BCUT2D eigenvalue weighted by molar-refractivity contribution is -0.142.